The van der Waals surface area contributed by atoms with Crippen LogP contribution in [0.15, 0.2) is 59.8 Å². The number of rotatable bonds is 5. The zero-order chi connectivity index (χ0) is 22.1. The molecule has 1 aliphatic heterocycles. The van der Waals surface area contributed by atoms with Gasteiger partial charge in [0.1, 0.15) is 11.9 Å². The van der Waals surface area contributed by atoms with Crippen LogP contribution in [-0.4, -0.2) is 36.4 Å². The Labute approximate surface area is 182 Å². The van der Waals surface area contributed by atoms with Crippen molar-refractivity contribution in [3.63, 3.8) is 0 Å². The molecule has 1 atom stereocenters. The van der Waals surface area contributed by atoms with Gasteiger partial charge in [0.25, 0.3) is 0 Å². The van der Waals surface area contributed by atoms with Gasteiger partial charge < -0.3 is 5.11 Å². The summed E-state index contributed by atoms with van der Waals surface area (Å²) in [5, 5.41) is 32.2. The predicted octanol–water partition coefficient (Wildman–Crippen LogP) is 4.16. The second-order valence-corrected chi connectivity index (χ2v) is 7.39. The van der Waals surface area contributed by atoms with E-state index in [1.807, 2.05) is 0 Å². The topological polar surface area (TPSA) is 114 Å². The Bertz CT molecular complexity index is 1190. The molecule has 31 heavy (non-hydrogen) atoms. The van der Waals surface area contributed by atoms with Crippen molar-refractivity contribution in [3.8, 4) is 5.75 Å². The molecule has 0 bridgehead atoms. The quantitative estimate of drug-likeness (QED) is 0.473. The maximum Gasteiger partial charge on any atom is 0.320 e. The maximum absolute atomic E-state index is 13.4. The first-order valence-electron chi connectivity index (χ1n) is 9.55. The number of para-hydroxylation sites is 1. The fraction of sp³-hybridized carbons (Fsp3) is 0.190. The maximum atomic E-state index is 13.4. The van der Waals surface area contributed by atoms with E-state index in [4.69, 9.17) is 11.6 Å². The molecule has 3 aromatic rings. The zero-order valence-corrected chi connectivity index (χ0v) is 17.2. The van der Waals surface area contributed by atoms with Crippen LogP contribution < -0.4 is 0 Å². The second kappa shape index (κ2) is 8.19. The lowest BCUT2D eigenvalue weighted by atomic mass is 9.97. The summed E-state index contributed by atoms with van der Waals surface area (Å²) in [4.78, 5) is 24.2. The lowest BCUT2D eigenvalue weighted by molar-refractivity contribution is -0.385. The van der Waals surface area contributed by atoms with E-state index in [2.05, 4.69) is 10.2 Å². The number of aryl methyl sites for hydroxylation is 1. The SMILES string of the molecule is CCn1cc([N+](=O)[O-])c(C(=O)N2N=C(c3ccc(Cl)cc3)C[C@@H]2c2ccccc2O)n1. The molecule has 1 aromatic heterocycles. The molecular weight excluding hydrogens is 422 g/mol. The van der Waals surface area contributed by atoms with E-state index in [0.717, 1.165) is 10.6 Å². The fourth-order valence-corrected chi connectivity index (χ4v) is 3.62. The van der Waals surface area contributed by atoms with E-state index >= 15 is 0 Å². The van der Waals surface area contributed by atoms with E-state index in [0.29, 0.717) is 29.3 Å². The van der Waals surface area contributed by atoms with Crippen LogP contribution in [0.4, 0.5) is 5.69 Å². The van der Waals surface area contributed by atoms with Crippen molar-refractivity contribution in [2.24, 2.45) is 5.10 Å². The summed E-state index contributed by atoms with van der Waals surface area (Å²) in [6, 6.07) is 13.0. The van der Waals surface area contributed by atoms with Crippen LogP contribution >= 0.6 is 11.6 Å². The highest BCUT2D eigenvalue weighted by Gasteiger charge is 2.39. The Balaban J connectivity index is 1.80. The number of amides is 1. The lowest BCUT2D eigenvalue weighted by Crippen LogP contribution is -2.28. The van der Waals surface area contributed by atoms with Crippen molar-refractivity contribution in [2.75, 3.05) is 0 Å². The normalized spacial score (nSPS) is 15.7. The standard InChI is InChI=1S/C21H18ClN5O4/c1-2-25-12-18(27(30)31)20(24-25)21(29)26-17(15-5-3-4-6-19(15)28)11-16(23-26)13-7-9-14(22)10-8-13/h3-10,12,17,28H,2,11H2,1H3/t17-/m1/s1. The summed E-state index contributed by atoms with van der Waals surface area (Å²) >= 11 is 5.97. The van der Waals surface area contributed by atoms with Gasteiger partial charge in [-0.2, -0.15) is 10.2 Å². The molecule has 1 N–H and O–H groups in total. The number of nitro groups is 1. The van der Waals surface area contributed by atoms with E-state index in [9.17, 15) is 20.0 Å². The Morgan fingerprint density at radius 2 is 1.97 bits per heavy atom. The largest absolute Gasteiger partial charge is 0.508 e. The van der Waals surface area contributed by atoms with E-state index in [-0.39, 0.29) is 11.4 Å². The van der Waals surface area contributed by atoms with Gasteiger partial charge in [0, 0.05) is 23.6 Å². The van der Waals surface area contributed by atoms with Crippen LogP contribution in [0.3, 0.4) is 0 Å². The van der Waals surface area contributed by atoms with Crippen molar-refractivity contribution in [3.05, 3.63) is 86.7 Å². The van der Waals surface area contributed by atoms with Gasteiger partial charge in [-0.25, -0.2) is 5.01 Å². The molecule has 1 aliphatic rings. The molecular formula is C21H18ClN5O4. The summed E-state index contributed by atoms with van der Waals surface area (Å²) < 4.78 is 1.33. The van der Waals surface area contributed by atoms with Gasteiger partial charge in [0.2, 0.25) is 5.69 Å². The highest BCUT2D eigenvalue weighted by Crippen LogP contribution is 2.38. The smallest absolute Gasteiger partial charge is 0.320 e. The van der Waals surface area contributed by atoms with Crippen LogP contribution in [-0.2, 0) is 6.54 Å². The molecule has 2 aromatic carbocycles. The molecule has 10 heteroatoms. The zero-order valence-electron chi connectivity index (χ0n) is 16.5. The number of hydrogen-bond acceptors (Lipinski definition) is 6. The minimum absolute atomic E-state index is 0.00597. The number of benzene rings is 2. The highest BCUT2D eigenvalue weighted by atomic mass is 35.5. The third-order valence-corrected chi connectivity index (χ3v) is 5.31. The highest BCUT2D eigenvalue weighted by molar-refractivity contribution is 6.30. The van der Waals surface area contributed by atoms with Gasteiger partial charge in [-0.1, -0.05) is 41.9 Å². The molecule has 9 nitrogen and oxygen atoms in total. The number of nitrogens with zero attached hydrogens (tertiary/aromatic N) is 5. The third kappa shape index (κ3) is 3.87. The Hall–Kier alpha value is -3.72. The summed E-state index contributed by atoms with van der Waals surface area (Å²) in [7, 11) is 0. The predicted molar refractivity (Wildman–Crippen MR) is 114 cm³/mol. The molecule has 0 fully saturated rings. The van der Waals surface area contributed by atoms with Crippen molar-refractivity contribution < 1.29 is 14.8 Å². The van der Waals surface area contributed by atoms with Crippen LogP contribution in [0.1, 0.15) is 41.0 Å². The molecule has 4 rings (SSSR count). The van der Waals surface area contributed by atoms with E-state index in [1.165, 1.54) is 16.9 Å². The van der Waals surface area contributed by atoms with Crippen LogP contribution in [0.5, 0.6) is 5.75 Å². The van der Waals surface area contributed by atoms with Gasteiger partial charge in [0.05, 0.1) is 16.7 Å². The molecule has 1 amide bonds. The van der Waals surface area contributed by atoms with Crippen LogP contribution in [0.2, 0.25) is 5.02 Å². The van der Waals surface area contributed by atoms with Crippen molar-refractivity contribution in [1.82, 2.24) is 14.8 Å². The Morgan fingerprint density at radius 3 is 2.61 bits per heavy atom. The number of hydrogen-bond donors (Lipinski definition) is 1. The summed E-state index contributed by atoms with van der Waals surface area (Å²) in [5.74, 6) is -0.706. The molecule has 0 unspecified atom stereocenters. The fourth-order valence-electron chi connectivity index (χ4n) is 3.49. The van der Waals surface area contributed by atoms with Crippen LogP contribution in [0.25, 0.3) is 0 Å². The minimum Gasteiger partial charge on any atom is -0.508 e. The molecule has 158 valence electrons. The monoisotopic (exact) mass is 439 g/mol. The van der Waals surface area contributed by atoms with Crippen LogP contribution in [0, 0.1) is 10.1 Å². The van der Waals surface area contributed by atoms with Gasteiger partial charge >= 0.3 is 11.6 Å². The average molecular weight is 440 g/mol. The summed E-state index contributed by atoms with van der Waals surface area (Å²) in [6.45, 7) is 2.14. The van der Waals surface area contributed by atoms with Gasteiger partial charge in [0.15, 0.2) is 0 Å². The minimum atomic E-state index is -0.712. The second-order valence-electron chi connectivity index (χ2n) is 6.96. The summed E-state index contributed by atoms with van der Waals surface area (Å²) in [6.07, 6.45) is 1.54. The number of aromatic nitrogens is 2. The van der Waals surface area contributed by atoms with Gasteiger partial charge in [-0.15, -0.1) is 0 Å². The number of aromatic hydroxyl groups is 1. The number of hydrazone groups is 1. The molecule has 0 aliphatic carbocycles. The number of halogens is 1. The van der Waals surface area contributed by atoms with Crippen molar-refractivity contribution >= 4 is 28.9 Å². The first-order valence-corrected chi connectivity index (χ1v) is 9.93. The Kier molecular flexibility index (Phi) is 5.43. The third-order valence-electron chi connectivity index (χ3n) is 5.06. The van der Waals surface area contributed by atoms with Gasteiger partial charge in [-0.05, 0) is 30.7 Å². The van der Waals surface area contributed by atoms with Crippen molar-refractivity contribution in [1.29, 1.82) is 0 Å². The van der Waals surface area contributed by atoms with Crippen molar-refractivity contribution in [2.45, 2.75) is 25.9 Å². The molecule has 0 saturated heterocycles. The van der Waals surface area contributed by atoms with E-state index in [1.54, 1.807) is 49.4 Å². The average Bonchev–Trinajstić information content (AvgIpc) is 3.39. The molecule has 2 heterocycles. The number of phenols is 1. The lowest BCUT2D eigenvalue weighted by Gasteiger charge is -2.21. The van der Waals surface area contributed by atoms with E-state index < -0.39 is 22.6 Å². The number of phenolic OH excluding ortho intramolecular Hbond substituents is 1. The summed E-state index contributed by atoms with van der Waals surface area (Å²) in [5.41, 5.74) is 1.15. The molecule has 0 spiro atoms. The first-order chi connectivity index (χ1) is 14.9. The Morgan fingerprint density at radius 1 is 1.26 bits per heavy atom. The number of carbonyl (C=O) groups excluding carboxylic acids is 1. The molecule has 0 saturated carbocycles. The number of carbonyl (C=O) groups is 1. The molecule has 0 radical (unpaired) electrons. The first kappa shape index (κ1) is 20.5. The van der Waals surface area contributed by atoms with Gasteiger partial charge in [-0.3, -0.25) is 19.6 Å².